The van der Waals surface area contributed by atoms with E-state index in [-0.39, 0.29) is 5.75 Å². The van der Waals surface area contributed by atoms with Crippen molar-refractivity contribution in [3.63, 3.8) is 0 Å². The van der Waals surface area contributed by atoms with Gasteiger partial charge in [-0.3, -0.25) is 4.79 Å². The number of nitrogens with zero attached hydrogens (tertiary/aromatic N) is 1. The van der Waals surface area contributed by atoms with Crippen molar-refractivity contribution in [3.8, 4) is 5.75 Å². The number of piperidine rings is 1. The molecular weight excluding hydrogens is 282 g/mol. The predicted molar refractivity (Wildman–Crippen MR) is 68.7 cm³/mol. The molecule has 0 bridgehead atoms. The van der Waals surface area contributed by atoms with E-state index >= 15 is 0 Å². The molecule has 0 radical (unpaired) electrons. The summed E-state index contributed by atoms with van der Waals surface area (Å²) in [4.78, 5) is 24.4. The predicted octanol–water partition coefficient (Wildman–Crippen LogP) is 1.90. The Hall–Kier alpha value is -2.18. The van der Waals surface area contributed by atoms with E-state index in [2.05, 4.69) is 0 Å². The van der Waals surface area contributed by atoms with Crippen LogP contribution in [-0.2, 0) is 0 Å². The second kappa shape index (κ2) is 4.98. The molecule has 1 aliphatic heterocycles. The Balaban J connectivity index is 1.72. The molecule has 1 saturated heterocycles. The Morgan fingerprint density at radius 2 is 1.90 bits per heavy atom. The summed E-state index contributed by atoms with van der Waals surface area (Å²) >= 11 is 0. The lowest BCUT2D eigenvalue weighted by Crippen LogP contribution is -2.38. The zero-order valence-corrected chi connectivity index (χ0v) is 11.1. The van der Waals surface area contributed by atoms with Crippen LogP contribution in [0.2, 0.25) is 0 Å². The van der Waals surface area contributed by atoms with Crippen LogP contribution in [0, 0.1) is 23.5 Å². The topological polar surface area (TPSA) is 72.6 Å². The van der Waals surface area contributed by atoms with Gasteiger partial charge in [0.15, 0.2) is 0 Å². The normalized spacial score (nSPS) is 23.4. The maximum atomic E-state index is 13.6. The van der Waals surface area contributed by atoms with Crippen molar-refractivity contribution in [1.29, 1.82) is 0 Å². The van der Waals surface area contributed by atoms with Gasteiger partial charge in [-0.05, 0) is 24.7 Å². The van der Waals surface area contributed by atoms with Crippen molar-refractivity contribution in [1.82, 2.24) is 4.90 Å². The van der Waals surface area contributed by atoms with Gasteiger partial charge in [0.05, 0.1) is 0 Å². The molecule has 2 aliphatic rings. The van der Waals surface area contributed by atoms with Gasteiger partial charge in [0.25, 0.3) is 5.91 Å². The number of carbonyl (C=O) groups is 2. The van der Waals surface area contributed by atoms with Crippen LogP contribution in [0.25, 0.3) is 0 Å². The highest BCUT2D eigenvalue weighted by atomic mass is 19.1. The first-order valence-corrected chi connectivity index (χ1v) is 6.71. The third kappa shape index (κ3) is 2.68. The molecule has 2 N–H and O–H groups in total. The van der Waals surface area contributed by atoms with Crippen molar-refractivity contribution >= 4 is 12.0 Å². The van der Waals surface area contributed by atoms with Gasteiger partial charge in [-0.25, -0.2) is 13.6 Å². The summed E-state index contributed by atoms with van der Waals surface area (Å²) in [5.74, 6) is -2.55. The summed E-state index contributed by atoms with van der Waals surface area (Å²) in [7, 11) is 0. The molecule has 1 aromatic carbocycles. The minimum Gasteiger partial charge on any atom is -0.410 e. The van der Waals surface area contributed by atoms with Crippen LogP contribution in [0.3, 0.4) is 0 Å². The fourth-order valence-corrected chi connectivity index (χ4v) is 2.76. The van der Waals surface area contributed by atoms with E-state index in [4.69, 9.17) is 10.5 Å². The molecule has 1 aromatic rings. The molecule has 1 saturated carbocycles. The highest BCUT2D eigenvalue weighted by molar-refractivity contribution is 5.93. The quantitative estimate of drug-likeness (QED) is 0.906. The number of hydrogen-bond donors (Lipinski definition) is 1. The minimum atomic E-state index is -1.21. The van der Waals surface area contributed by atoms with E-state index in [1.165, 1.54) is 4.90 Å². The Morgan fingerprint density at radius 3 is 2.48 bits per heavy atom. The fraction of sp³-hybridized carbons (Fsp3) is 0.429. The number of ether oxygens (including phenoxy) is 1. The Morgan fingerprint density at radius 1 is 1.24 bits per heavy atom. The molecule has 21 heavy (non-hydrogen) atoms. The van der Waals surface area contributed by atoms with Gasteiger partial charge < -0.3 is 15.4 Å². The molecule has 2 atom stereocenters. The van der Waals surface area contributed by atoms with Crippen molar-refractivity contribution in [2.24, 2.45) is 17.6 Å². The summed E-state index contributed by atoms with van der Waals surface area (Å²) in [5.41, 5.74) is 4.03. The number of amides is 2. The second-order valence-corrected chi connectivity index (χ2v) is 5.48. The van der Waals surface area contributed by atoms with Crippen LogP contribution in [0.4, 0.5) is 13.6 Å². The van der Waals surface area contributed by atoms with Gasteiger partial charge in [-0.2, -0.15) is 0 Å². The van der Waals surface area contributed by atoms with Crippen LogP contribution >= 0.6 is 0 Å². The van der Waals surface area contributed by atoms with E-state index < -0.39 is 29.2 Å². The van der Waals surface area contributed by atoms with Crippen LogP contribution in [0.5, 0.6) is 5.75 Å². The van der Waals surface area contributed by atoms with E-state index in [9.17, 15) is 18.4 Å². The molecule has 112 valence electrons. The fourth-order valence-electron chi connectivity index (χ4n) is 2.76. The molecule has 3 rings (SSSR count). The lowest BCUT2D eigenvalue weighted by atomic mass is 10.1. The number of primary amides is 1. The van der Waals surface area contributed by atoms with Gasteiger partial charge in [0, 0.05) is 25.2 Å². The molecule has 2 fully saturated rings. The van der Waals surface area contributed by atoms with Crippen molar-refractivity contribution in [2.75, 3.05) is 13.1 Å². The smallest absolute Gasteiger partial charge is 0.410 e. The number of rotatable bonds is 2. The van der Waals surface area contributed by atoms with Gasteiger partial charge in [-0.15, -0.1) is 0 Å². The van der Waals surface area contributed by atoms with Gasteiger partial charge in [0.2, 0.25) is 0 Å². The largest absolute Gasteiger partial charge is 0.415 e. The maximum absolute atomic E-state index is 13.6. The highest BCUT2D eigenvalue weighted by Crippen LogP contribution is 2.44. The van der Waals surface area contributed by atoms with Crippen molar-refractivity contribution < 1.29 is 23.1 Å². The molecule has 0 aromatic heterocycles. The summed E-state index contributed by atoms with van der Waals surface area (Å²) < 4.78 is 32.1. The SMILES string of the molecule is NC(=O)c1c(F)cc(OC(=O)N2CCC3CC3C2)cc1F. The van der Waals surface area contributed by atoms with Gasteiger partial charge in [-0.1, -0.05) is 0 Å². The van der Waals surface area contributed by atoms with Crippen LogP contribution in [0.1, 0.15) is 23.2 Å². The summed E-state index contributed by atoms with van der Waals surface area (Å²) in [6.45, 7) is 1.21. The molecule has 7 heteroatoms. The van der Waals surface area contributed by atoms with E-state index in [0.717, 1.165) is 25.0 Å². The average molecular weight is 296 g/mol. The molecule has 5 nitrogen and oxygen atoms in total. The van der Waals surface area contributed by atoms with E-state index in [1.807, 2.05) is 0 Å². The zero-order chi connectivity index (χ0) is 15.1. The molecule has 2 amide bonds. The van der Waals surface area contributed by atoms with Gasteiger partial charge in [0.1, 0.15) is 22.9 Å². The molecule has 1 aliphatic carbocycles. The van der Waals surface area contributed by atoms with Crippen LogP contribution in [0.15, 0.2) is 12.1 Å². The average Bonchev–Trinajstić information content (AvgIpc) is 3.15. The maximum Gasteiger partial charge on any atom is 0.415 e. The summed E-state index contributed by atoms with van der Waals surface area (Å²) in [5, 5.41) is 0. The van der Waals surface area contributed by atoms with Gasteiger partial charge >= 0.3 is 6.09 Å². The number of likely N-dealkylation sites (tertiary alicyclic amines) is 1. The first kappa shape index (κ1) is 13.8. The monoisotopic (exact) mass is 296 g/mol. The van der Waals surface area contributed by atoms with Crippen molar-refractivity contribution in [3.05, 3.63) is 29.3 Å². The lowest BCUT2D eigenvalue weighted by molar-refractivity contribution is 0.0992. The van der Waals surface area contributed by atoms with E-state index in [0.29, 0.717) is 24.9 Å². The Kier molecular flexibility index (Phi) is 3.27. The summed E-state index contributed by atoms with van der Waals surface area (Å²) in [6.07, 6.45) is 1.43. The Labute approximate surface area is 119 Å². The first-order chi connectivity index (χ1) is 9.95. The highest BCUT2D eigenvalue weighted by Gasteiger charge is 2.43. The first-order valence-electron chi connectivity index (χ1n) is 6.71. The zero-order valence-electron chi connectivity index (χ0n) is 11.1. The number of nitrogens with two attached hydrogens (primary N) is 1. The summed E-state index contributed by atoms with van der Waals surface area (Å²) in [6, 6.07) is 1.57. The molecule has 2 unspecified atom stereocenters. The lowest BCUT2D eigenvalue weighted by Gasteiger charge is -2.25. The molecular formula is C14H14F2N2O3. The number of fused-ring (bicyclic) bond motifs is 1. The second-order valence-electron chi connectivity index (χ2n) is 5.48. The van der Waals surface area contributed by atoms with Crippen LogP contribution < -0.4 is 10.5 Å². The third-order valence-electron chi connectivity index (χ3n) is 4.02. The number of benzene rings is 1. The standard InChI is InChI=1S/C14H14F2N2O3/c15-10-4-9(5-11(16)12(10)13(17)19)21-14(20)18-2-1-7-3-8(7)6-18/h4-5,7-8H,1-3,6H2,(H2,17,19). The van der Waals surface area contributed by atoms with Crippen LogP contribution in [-0.4, -0.2) is 30.0 Å². The number of carbonyl (C=O) groups excluding carboxylic acids is 2. The third-order valence-corrected chi connectivity index (χ3v) is 4.02. The molecule has 0 spiro atoms. The van der Waals surface area contributed by atoms with E-state index in [1.54, 1.807) is 0 Å². The number of hydrogen-bond acceptors (Lipinski definition) is 3. The minimum absolute atomic E-state index is 0.280. The Bertz CT molecular complexity index is 597. The van der Waals surface area contributed by atoms with Crippen molar-refractivity contribution in [2.45, 2.75) is 12.8 Å². The molecule has 1 heterocycles. The number of halogens is 2.